The summed E-state index contributed by atoms with van der Waals surface area (Å²) >= 11 is 9.37. The Labute approximate surface area is 763 Å². The molecular weight excluding hydrogens is 1790 g/mol. The zero-order valence-electron chi connectivity index (χ0n) is 75.6. The summed E-state index contributed by atoms with van der Waals surface area (Å²) in [6, 6.07) is 25.5. The first-order valence-electron chi connectivity index (χ1n) is 43.2. The summed E-state index contributed by atoms with van der Waals surface area (Å²) in [5, 5.41) is 45.7. The zero-order chi connectivity index (χ0) is 93.6. The molecule has 12 aliphatic rings. The Morgan fingerprint density at radius 2 is 0.709 bits per heavy atom. The van der Waals surface area contributed by atoms with Crippen LogP contribution in [0.4, 0.5) is 0 Å². The van der Waals surface area contributed by atoms with Crippen LogP contribution in [-0.2, 0) is 100.0 Å². The van der Waals surface area contributed by atoms with E-state index in [0.717, 1.165) is 0 Å². The number of thioether (sulfide) groups is 1. The van der Waals surface area contributed by atoms with Gasteiger partial charge < -0.3 is 77.3 Å². The van der Waals surface area contributed by atoms with Gasteiger partial charge in [0.15, 0.2) is 52.5 Å². The Balaban J connectivity index is 0.000000171. The highest BCUT2D eigenvalue weighted by Gasteiger charge is 2.79. The summed E-state index contributed by atoms with van der Waals surface area (Å²) in [6.07, 6.45) is -9.74. The molecule has 690 valence electrons. The van der Waals surface area contributed by atoms with Crippen molar-refractivity contribution in [2.75, 3.05) is 31.0 Å². The minimum absolute atomic E-state index is 0.0153. The average molecular weight is 1910 g/mol. The van der Waals surface area contributed by atoms with Crippen molar-refractivity contribution in [3.05, 3.63) is 141 Å². The molecule has 6 bridgehead atoms. The van der Waals surface area contributed by atoms with Gasteiger partial charge in [-0.1, -0.05) is 145 Å². The van der Waals surface area contributed by atoms with Gasteiger partial charge in [0.05, 0.1) is 88.3 Å². The second-order valence-electron chi connectivity index (χ2n) is 38.4. The molecule has 0 spiro atoms. The quantitative estimate of drug-likeness (QED) is 0.0308. The van der Waals surface area contributed by atoms with Crippen LogP contribution in [0.15, 0.2) is 124 Å². The first-order chi connectivity index (χ1) is 59.5. The van der Waals surface area contributed by atoms with Gasteiger partial charge in [0.25, 0.3) is 0 Å². The molecule has 6 saturated carbocycles. The number of benzene rings is 3. The van der Waals surface area contributed by atoms with Gasteiger partial charge in [0.1, 0.15) is 36.6 Å². The van der Waals surface area contributed by atoms with E-state index in [2.05, 4.69) is 22.6 Å². The van der Waals surface area contributed by atoms with Crippen molar-refractivity contribution in [2.24, 2.45) is 73.9 Å². The number of hydrogen-bond donors (Lipinski definition) is 4. The van der Waals surface area contributed by atoms with Crippen molar-refractivity contribution in [1.82, 2.24) is 0 Å². The Bertz CT molecular complexity index is 4960. The number of aliphatic hydroxyl groups excluding tert-OH is 4. The third-order valence-corrected chi connectivity index (χ3v) is 31.9. The molecule has 3 saturated heterocycles. The van der Waals surface area contributed by atoms with Crippen LogP contribution in [0, 0.1) is 73.9 Å². The number of alkyl halides is 1. The number of esters is 9. The van der Waals surface area contributed by atoms with Crippen molar-refractivity contribution >= 4 is 122 Å². The van der Waals surface area contributed by atoms with Crippen LogP contribution in [0.3, 0.4) is 0 Å². The number of fused-ring (bicyclic) bond motifs is 15. The predicted molar refractivity (Wildman–Crippen MR) is 472 cm³/mol. The molecule has 0 aromatic heterocycles. The van der Waals surface area contributed by atoms with Gasteiger partial charge in [-0.15, -0.1) is 11.8 Å². The normalized spacial score (nSPS) is 37.6. The molecule has 127 heavy (non-hydrogen) atoms. The van der Waals surface area contributed by atoms with E-state index in [9.17, 15) is 73.2 Å². The maximum atomic E-state index is 15.3. The Hall–Kier alpha value is -7.99. The standard InChI is InChI=1S/C33H40O9S2.C31H38O10.C31H38O9.CH3I/c1-16-22(36)13-20-25(41-29(38)19-11-9-8-10-12-19)27-32(6,28(37)26(40-17(2)34)24(16)31(20,4)5)21(30(43)44-7)14-23-33(27,15-39-23)42-18(3)35;1-15-20(34)12-19-24(40-28(37)18-10-8-7-9-11-18)26-30(6,21(35)13-22-31(26,14-38-22)41-17(3)33)27(36)25(39-16(2)32)23(15)29(19,4)5;1-16-21(34)14-20-24(39-28(36)19-10-8-7-9-11-19)26-30(6,13-12-22-31(26,15-37-22)40-18(3)33)27(35)25(38-17(2)32)23(16)29(20,4)5;1-2/h8-12,20-23,25-27,36H,13-15H2,1-7H3;7-11,19-22,24-26,34-35H,12-14H2,1-6H3;7-11,20-22,24-26,34H,12-15H2,1-6H3;1H3/t20?,21-,22+,23-,25-,26-,27+,32-,33+;19?,20-,21-,22+,24+,25+,26-,30+,31-;20?,21-,22+,24+,25+,26-,30+,31-;/m100./s1. The molecule has 26 atom stereocenters. The molecule has 9 aliphatic carbocycles. The fraction of sp³-hybridized carbons (Fsp3) is 0.615. The van der Waals surface area contributed by atoms with E-state index in [0.29, 0.717) is 61.6 Å². The largest absolute Gasteiger partial charge is 0.458 e. The van der Waals surface area contributed by atoms with Gasteiger partial charge in [-0.25, -0.2) is 14.4 Å². The summed E-state index contributed by atoms with van der Waals surface area (Å²) in [5.41, 5.74) is -6.98. The zero-order valence-corrected chi connectivity index (χ0v) is 79.4. The molecule has 3 aromatic rings. The number of ketones is 3. The second kappa shape index (κ2) is 36.6. The molecule has 3 unspecified atom stereocenters. The van der Waals surface area contributed by atoms with Crippen molar-refractivity contribution in [3.8, 4) is 0 Å². The number of thiocarbonyl (C=S) groups is 1. The van der Waals surface area contributed by atoms with E-state index in [1.165, 1.54) is 53.3 Å². The number of aliphatic hydroxyl groups is 4. The van der Waals surface area contributed by atoms with E-state index >= 15 is 4.79 Å². The highest BCUT2D eigenvalue weighted by Crippen LogP contribution is 2.69. The second-order valence-corrected chi connectivity index (χ2v) is 39.9. The van der Waals surface area contributed by atoms with Gasteiger partial charge >= 0.3 is 53.7 Å². The lowest BCUT2D eigenvalue weighted by molar-refractivity contribution is -0.335. The number of carbonyl (C=O) groups is 12. The maximum Gasteiger partial charge on any atom is 0.338 e. The van der Waals surface area contributed by atoms with Crippen LogP contribution in [0.5, 0.6) is 0 Å². The molecule has 4 N–H and O–H groups in total. The third kappa shape index (κ3) is 16.6. The molecule has 31 heteroatoms. The molecule has 0 amide bonds. The molecule has 15 rings (SSSR count). The van der Waals surface area contributed by atoms with Gasteiger partial charge in [-0.05, 0) is 163 Å². The van der Waals surface area contributed by atoms with E-state index in [-0.39, 0.29) is 63.3 Å². The monoisotopic (exact) mass is 1910 g/mol. The highest BCUT2D eigenvalue weighted by atomic mass is 127. The highest BCUT2D eigenvalue weighted by molar-refractivity contribution is 14.1. The minimum Gasteiger partial charge on any atom is -0.458 e. The number of hydrogen-bond acceptors (Lipinski definition) is 30. The lowest BCUT2D eigenvalue weighted by Gasteiger charge is -2.66. The maximum absolute atomic E-state index is 15.3. The number of carbonyl (C=O) groups excluding carboxylic acids is 12. The van der Waals surface area contributed by atoms with E-state index in [4.69, 9.17) is 69.1 Å². The van der Waals surface area contributed by atoms with Crippen LogP contribution >= 0.6 is 46.6 Å². The third-order valence-electron chi connectivity index (χ3n) is 30.4. The smallest absolute Gasteiger partial charge is 0.338 e. The van der Waals surface area contributed by atoms with Crippen molar-refractivity contribution in [3.63, 3.8) is 0 Å². The molecular formula is C96H119IO28S2. The van der Waals surface area contributed by atoms with Gasteiger partial charge in [-0.2, -0.15) is 0 Å². The summed E-state index contributed by atoms with van der Waals surface area (Å²) in [5.74, 6) is -12.1. The van der Waals surface area contributed by atoms with Crippen molar-refractivity contribution in [2.45, 2.75) is 266 Å². The van der Waals surface area contributed by atoms with Crippen LogP contribution < -0.4 is 0 Å². The van der Waals surface area contributed by atoms with Crippen LogP contribution in [0.25, 0.3) is 0 Å². The van der Waals surface area contributed by atoms with E-state index in [1.54, 1.807) is 133 Å². The Morgan fingerprint density at radius 3 is 1.02 bits per heavy atom. The molecule has 9 fully saturated rings. The number of ether oxygens (including phenoxy) is 12. The van der Waals surface area contributed by atoms with Crippen LogP contribution in [-0.4, -0.2) is 223 Å². The van der Waals surface area contributed by atoms with Crippen molar-refractivity contribution in [1.29, 1.82) is 0 Å². The molecule has 28 nitrogen and oxygen atoms in total. The first-order valence-corrected chi connectivity index (χ1v) is 47.0. The van der Waals surface area contributed by atoms with Crippen LogP contribution in [0.2, 0.25) is 0 Å². The summed E-state index contributed by atoms with van der Waals surface area (Å²) in [6.45, 7) is 29.2. The Kier molecular flexibility index (Phi) is 28.3. The number of Topliss-reactive ketones (excluding diaryl/α,β-unsaturated/α-hetero) is 3. The minimum atomic E-state index is -1.69. The SMILES string of the molecule is CC(=O)O[C@H]1C(=O)[C@@]2(C)[C@H]([C@H](OC(=O)c3ccccc3)C3C[C@H](O)C(C)=C1C3(C)C)[C@]1(OC(C)=O)CO[C@@H]1C[C@@H]2O.CC(=O)O[C@H]1C(=O)[C@]2(C)CC[C@H]3OC[C@@]3(OC(C)=O)[C@H]2[C@H](OC(=O)c2ccccc2)C2C[C@H](O)C(C)=C1C2(C)C.CI.CSC(=S)[C@H]1C[C@H]2OC[C@@]2(OC(C)=O)[C@H]2[C@H](OC(=O)c3ccccc3)C3C[C@H](O)C(C)=C([C@@H](OC(C)=O)C(=O)[C@]12C)C3(C)C. The van der Waals surface area contributed by atoms with Gasteiger partial charge in [0, 0.05) is 82.5 Å². The van der Waals surface area contributed by atoms with Gasteiger partial charge in [-0.3, -0.25) is 43.2 Å². The molecule has 3 heterocycles. The fourth-order valence-electron chi connectivity index (χ4n) is 24.5. The predicted octanol–water partition coefficient (Wildman–Crippen LogP) is 11.6. The summed E-state index contributed by atoms with van der Waals surface area (Å²) in [4.78, 5) is 163. The summed E-state index contributed by atoms with van der Waals surface area (Å²) in [7, 11) is 0. The Morgan fingerprint density at radius 1 is 0.409 bits per heavy atom. The summed E-state index contributed by atoms with van der Waals surface area (Å²) < 4.78 is 73.1. The van der Waals surface area contributed by atoms with Gasteiger partial charge in [0.2, 0.25) is 0 Å². The fourth-order valence-corrected chi connectivity index (χ4v) is 25.4. The van der Waals surface area contributed by atoms with Crippen LogP contribution in [0.1, 0.15) is 201 Å². The molecule has 3 aromatic carbocycles. The lowest BCUT2D eigenvalue weighted by Crippen LogP contribution is -2.79. The lowest BCUT2D eigenvalue weighted by atomic mass is 9.44. The van der Waals surface area contributed by atoms with E-state index < -0.39 is 235 Å². The first kappa shape index (κ1) is 98.1. The average Bonchev–Trinajstić information content (AvgIpc) is 0.682. The van der Waals surface area contributed by atoms with Crippen molar-refractivity contribution < 1.29 is 135 Å². The number of halogens is 1. The molecule has 3 aliphatic heterocycles. The van der Waals surface area contributed by atoms with E-state index in [1.807, 2.05) is 52.7 Å². The topological polar surface area (TPSA) is 397 Å². The number of rotatable bonds is 13. The molecule has 0 radical (unpaired) electrons.